The van der Waals surface area contributed by atoms with Gasteiger partial charge in [-0.2, -0.15) is 0 Å². The molecule has 0 saturated heterocycles. The van der Waals surface area contributed by atoms with Crippen molar-refractivity contribution in [3.63, 3.8) is 0 Å². The van der Waals surface area contributed by atoms with E-state index in [1.807, 2.05) is 0 Å². The predicted octanol–water partition coefficient (Wildman–Crippen LogP) is 3.15. The predicted molar refractivity (Wildman–Crippen MR) is 52.2 cm³/mol. The van der Waals surface area contributed by atoms with Crippen molar-refractivity contribution >= 4 is 0 Å². The van der Waals surface area contributed by atoms with E-state index in [-0.39, 0.29) is 0 Å². The summed E-state index contributed by atoms with van der Waals surface area (Å²) >= 11 is 0. The zero-order valence-electron chi connectivity index (χ0n) is 7.46. The normalized spacial score (nSPS) is 26.8. The molecule has 0 heteroatoms. The molecule has 0 amide bonds. The van der Waals surface area contributed by atoms with Crippen molar-refractivity contribution in [3.05, 3.63) is 48.0 Å². The second kappa shape index (κ2) is 2.78. The van der Waals surface area contributed by atoms with E-state index in [4.69, 9.17) is 0 Å². The molecule has 0 radical (unpaired) electrons. The summed E-state index contributed by atoms with van der Waals surface area (Å²) < 4.78 is 0. The van der Waals surface area contributed by atoms with Gasteiger partial charge in [0.15, 0.2) is 0 Å². The summed E-state index contributed by atoms with van der Waals surface area (Å²) in [4.78, 5) is 0. The van der Waals surface area contributed by atoms with Crippen LogP contribution in [0.2, 0.25) is 0 Å². The molecule has 0 nitrogen and oxygen atoms in total. The van der Waals surface area contributed by atoms with Crippen LogP contribution in [-0.2, 0) is 6.42 Å². The average Bonchev–Trinajstić information content (AvgIpc) is 2.44. The molecule has 1 aromatic rings. The average molecular weight is 158 g/mol. The topological polar surface area (TPSA) is 0 Å². The van der Waals surface area contributed by atoms with Gasteiger partial charge in [-0.15, -0.1) is 6.58 Å². The van der Waals surface area contributed by atoms with Crippen molar-refractivity contribution in [2.45, 2.75) is 19.3 Å². The Morgan fingerprint density at radius 1 is 1.42 bits per heavy atom. The fraction of sp³-hybridized carbons (Fsp3) is 0.333. The minimum absolute atomic E-state index is 0.655. The van der Waals surface area contributed by atoms with E-state index in [0.717, 1.165) is 0 Å². The molecule has 2 rings (SSSR count). The molecule has 0 spiro atoms. The minimum atomic E-state index is 0.655. The van der Waals surface area contributed by atoms with Gasteiger partial charge in [0.25, 0.3) is 0 Å². The molecule has 12 heavy (non-hydrogen) atoms. The summed E-state index contributed by atoms with van der Waals surface area (Å²) in [5.41, 5.74) is 3.03. The molecule has 0 heterocycles. The van der Waals surface area contributed by atoms with Crippen LogP contribution >= 0.6 is 0 Å². The molecule has 0 N–H and O–H groups in total. The van der Waals surface area contributed by atoms with Crippen LogP contribution < -0.4 is 0 Å². The number of allylic oxidation sites excluding steroid dienone is 1. The van der Waals surface area contributed by atoms with Gasteiger partial charge in [-0.3, -0.25) is 0 Å². The van der Waals surface area contributed by atoms with Gasteiger partial charge in [0.2, 0.25) is 0 Å². The monoisotopic (exact) mass is 158 g/mol. The Labute approximate surface area is 73.9 Å². The Hall–Kier alpha value is -1.04. The van der Waals surface area contributed by atoms with E-state index in [1.54, 1.807) is 0 Å². The van der Waals surface area contributed by atoms with Gasteiger partial charge in [0, 0.05) is 0 Å². The first-order chi connectivity index (χ1) is 5.83. The lowest BCUT2D eigenvalue weighted by atomic mass is 9.95. The van der Waals surface area contributed by atoms with Crippen LogP contribution in [0.4, 0.5) is 0 Å². The van der Waals surface area contributed by atoms with Gasteiger partial charge in [-0.05, 0) is 29.4 Å². The Kier molecular flexibility index (Phi) is 1.76. The van der Waals surface area contributed by atoms with Crippen LogP contribution in [0.3, 0.4) is 0 Å². The van der Waals surface area contributed by atoms with Crippen molar-refractivity contribution in [2.75, 3.05) is 0 Å². The molecule has 0 bridgehead atoms. The Bertz CT molecular complexity index is 299. The maximum atomic E-state index is 3.88. The van der Waals surface area contributed by atoms with E-state index in [9.17, 15) is 0 Å². The van der Waals surface area contributed by atoms with Crippen molar-refractivity contribution in [1.82, 2.24) is 0 Å². The molecule has 0 aliphatic heterocycles. The zero-order valence-corrected chi connectivity index (χ0v) is 7.46. The summed E-state index contributed by atoms with van der Waals surface area (Å²) in [6.07, 6.45) is 3.27. The molecule has 62 valence electrons. The lowest BCUT2D eigenvalue weighted by Gasteiger charge is -2.09. The number of hydrogen-bond acceptors (Lipinski definition) is 0. The van der Waals surface area contributed by atoms with Gasteiger partial charge in [0.1, 0.15) is 0 Å². The summed E-state index contributed by atoms with van der Waals surface area (Å²) in [6, 6.07) is 8.72. The lowest BCUT2D eigenvalue weighted by Crippen LogP contribution is -1.99. The van der Waals surface area contributed by atoms with Gasteiger partial charge in [-0.25, -0.2) is 0 Å². The van der Waals surface area contributed by atoms with Crippen LogP contribution in [-0.4, -0.2) is 0 Å². The van der Waals surface area contributed by atoms with Crippen molar-refractivity contribution < 1.29 is 0 Å². The third-order valence-electron chi connectivity index (χ3n) is 2.95. The number of benzene rings is 1. The van der Waals surface area contributed by atoms with Crippen molar-refractivity contribution in [2.24, 2.45) is 5.92 Å². The van der Waals surface area contributed by atoms with Crippen LogP contribution in [0.5, 0.6) is 0 Å². The van der Waals surface area contributed by atoms with Gasteiger partial charge >= 0.3 is 0 Å². The van der Waals surface area contributed by atoms with E-state index in [2.05, 4.69) is 43.8 Å². The standard InChI is InChI=1S/C12H14/c1-3-10-8-11-6-4-5-7-12(11)9(10)2/h3-7,9-10H,1,8H2,2H3. The molecular weight excluding hydrogens is 144 g/mol. The van der Waals surface area contributed by atoms with Crippen LogP contribution in [0.25, 0.3) is 0 Å². The first kappa shape index (κ1) is 7.60. The fourth-order valence-corrected chi connectivity index (χ4v) is 2.11. The van der Waals surface area contributed by atoms with Crippen LogP contribution in [0.1, 0.15) is 24.0 Å². The fourth-order valence-electron chi connectivity index (χ4n) is 2.11. The lowest BCUT2D eigenvalue weighted by molar-refractivity contribution is 0.593. The molecule has 1 aromatic carbocycles. The third-order valence-corrected chi connectivity index (χ3v) is 2.95. The summed E-state index contributed by atoms with van der Waals surface area (Å²) in [5, 5.41) is 0. The first-order valence-corrected chi connectivity index (χ1v) is 4.53. The van der Waals surface area contributed by atoms with E-state index < -0.39 is 0 Å². The molecule has 1 aliphatic carbocycles. The van der Waals surface area contributed by atoms with Gasteiger partial charge in [-0.1, -0.05) is 37.3 Å². The zero-order chi connectivity index (χ0) is 8.55. The van der Waals surface area contributed by atoms with Crippen molar-refractivity contribution in [3.8, 4) is 0 Å². The Morgan fingerprint density at radius 2 is 2.17 bits per heavy atom. The summed E-state index contributed by atoms with van der Waals surface area (Å²) in [5.74, 6) is 1.32. The minimum Gasteiger partial charge on any atom is -0.103 e. The summed E-state index contributed by atoms with van der Waals surface area (Å²) in [7, 11) is 0. The summed E-state index contributed by atoms with van der Waals surface area (Å²) in [6.45, 7) is 6.17. The molecule has 0 aromatic heterocycles. The van der Waals surface area contributed by atoms with Gasteiger partial charge < -0.3 is 0 Å². The molecule has 1 aliphatic rings. The highest BCUT2D eigenvalue weighted by Gasteiger charge is 2.25. The number of hydrogen-bond donors (Lipinski definition) is 0. The van der Waals surface area contributed by atoms with Crippen LogP contribution in [0.15, 0.2) is 36.9 Å². The first-order valence-electron chi connectivity index (χ1n) is 4.53. The van der Waals surface area contributed by atoms with Crippen molar-refractivity contribution in [1.29, 1.82) is 0 Å². The molecule has 2 unspecified atom stereocenters. The third kappa shape index (κ3) is 0.989. The maximum Gasteiger partial charge on any atom is -0.0122 e. The highest BCUT2D eigenvalue weighted by Crippen LogP contribution is 2.37. The quantitative estimate of drug-likeness (QED) is 0.551. The maximum absolute atomic E-state index is 3.88. The largest absolute Gasteiger partial charge is 0.103 e. The highest BCUT2D eigenvalue weighted by molar-refractivity contribution is 5.36. The molecule has 0 saturated carbocycles. The second-order valence-electron chi connectivity index (χ2n) is 3.59. The number of rotatable bonds is 1. The molecule has 0 fully saturated rings. The van der Waals surface area contributed by atoms with E-state index in [1.165, 1.54) is 17.5 Å². The van der Waals surface area contributed by atoms with Gasteiger partial charge in [0.05, 0.1) is 0 Å². The molecular formula is C12H14. The Balaban J connectivity index is 2.41. The van der Waals surface area contributed by atoms with E-state index >= 15 is 0 Å². The highest BCUT2D eigenvalue weighted by atomic mass is 14.3. The van der Waals surface area contributed by atoms with Crippen LogP contribution in [0, 0.1) is 5.92 Å². The number of fused-ring (bicyclic) bond motifs is 1. The smallest absolute Gasteiger partial charge is 0.0122 e. The second-order valence-corrected chi connectivity index (χ2v) is 3.59. The van der Waals surface area contributed by atoms with E-state index in [0.29, 0.717) is 11.8 Å². The SMILES string of the molecule is C=CC1Cc2ccccc2C1C. The Morgan fingerprint density at radius 3 is 2.83 bits per heavy atom. The molecule has 2 atom stereocenters.